The molecule has 2 nitrogen and oxygen atoms in total. The van der Waals surface area contributed by atoms with Crippen molar-refractivity contribution >= 4 is 11.6 Å². The maximum atomic E-state index is 9.70. The van der Waals surface area contributed by atoms with Crippen molar-refractivity contribution in [2.45, 2.75) is 18.6 Å². The zero-order chi connectivity index (χ0) is 9.42. The molecule has 0 unspecified atom stereocenters. The number of hydrogen-bond donors (Lipinski definition) is 2. The lowest BCUT2D eigenvalue weighted by Crippen LogP contribution is -2.25. The van der Waals surface area contributed by atoms with E-state index in [2.05, 4.69) is 5.32 Å². The molecule has 0 spiro atoms. The Morgan fingerprint density at radius 1 is 1.54 bits per heavy atom. The second-order valence-corrected chi connectivity index (χ2v) is 3.82. The molecule has 0 heterocycles. The smallest absolute Gasteiger partial charge is 0.0775 e. The Bertz CT molecular complexity index is 327. The minimum Gasteiger partial charge on any atom is -0.391 e. The van der Waals surface area contributed by atoms with Crippen LogP contribution in [0.1, 0.15) is 17.2 Å². The van der Waals surface area contributed by atoms with Gasteiger partial charge in [-0.05, 0) is 30.3 Å². The summed E-state index contributed by atoms with van der Waals surface area (Å²) in [4.78, 5) is 0. The van der Waals surface area contributed by atoms with Gasteiger partial charge in [0.15, 0.2) is 0 Å². The first kappa shape index (κ1) is 9.00. The molecule has 3 heteroatoms. The van der Waals surface area contributed by atoms with Crippen molar-refractivity contribution in [3.63, 3.8) is 0 Å². The summed E-state index contributed by atoms with van der Waals surface area (Å²) in [7, 11) is 1.86. The molecule has 70 valence electrons. The number of halogens is 1. The Labute approximate surface area is 82.5 Å². The van der Waals surface area contributed by atoms with Crippen molar-refractivity contribution in [1.82, 2.24) is 5.32 Å². The van der Waals surface area contributed by atoms with Crippen LogP contribution in [0.3, 0.4) is 0 Å². The molecule has 0 saturated heterocycles. The van der Waals surface area contributed by atoms with E-state index in [1.54, 1.807) is 0 Å². The van der Waals surface area contributed by atoms with Crippen LogP contribution in [-0.2, 0) is 6.42 Å². The molecule has 0 bridgehead atoms. The zero-order valence-electron chi connectivity index (χ0n) is 7.42. The van der Waals surface area contributed by atoms with Crippen molar-refractivity contribution in [1.29, 1.82) is 0 Å². The molecule has 0 aromatic heterocycles. The molecule has 0 fully saturated rings. The predicted octanol–water partition coefficient (Wildman–Crippen LogP) is 1.52. The normalized spacial score (nSPS) is 26.1. The fourth-order valence-electron chi connectivity index (χ4n) is 1.95. The van der Waals surface area contributed by atoms with E-state index in [0.29, 0.717) is 6.42 Å². The average Bonchev–Trinajstić information content (AvgIpc) is 2.39. The fraction of sp³-hybridized carbons (Fsp3) is 0.400. The first-order valence-corrected chi connectivity index (χ1v) is 4.74. The largest absolute Gasteiger partial charge is 0.391 e. The maximum absolute atomic E-state index is 9.70. The van der Waals surface area contributed by atoms with Crippen LogP contribution in [0.2, 0.25) is 5.02 Å². The van der Waals surface area contributed by atoms with Crippen molar-refractivity contribution in [3.05, 3.63) is 34.3 Å². The summed E-state index contributed by atoms with van der Waals surface area (Å²) in [6.07, 6.45) is 0.375. The lowest BCUT2D eigenvalue weighted by molar-refractivity contribution is 0.145. The highest BCUT2D eigenvalue weighted by molar-refractivity contribution is 6.30. The molecule has 1 aliphatic rings. The Balaban J connectivity index is 2.42. The van der Waals surface area contributed by atoms with Gasteiger partial charge >= 0.3 is 0 Å². The highest BCUT2D eigenvalue weighted by Crippen LogP contribution is 2.32. The molecule has 0 radical (unpaired) electrons. The van der Waals surface area contributed by atoms with Gasteiger partial charge in [-0.15, -0.1) is 0 Å². The van der Waals surface area contributed by atoms with Gasteiger partial charge in [0, 0.05) is 11.4 Å². The summed E-state index contributed by atoms with van der Waals surface area (Å²) >= 11 is 5.86. The third-order valence-corrected chi connectivity index (χ3v) is 2.80. The number of fused-ring (bicyclic) bond motifs is 1. The average molecular weight is 198 g/mol. The van der Waals surface area contributed by atoms with Gasteiger partial charge in [-0.1, -0.05) is 17.7 Å². The van der Waals surface area contributed by atoms with E-state index < -0.39 is 0 Å². The Kier molecular flexibility index (Phi) is 2.28. The van der Waals surface area contributed by atoms with Crippen LogP contribution in [0, 0.1) is 0 Å². The molecule has 0 amide bonds. The molecule has 2 rings (SSSR count). The predicted molar refractivity (Wildman–Crippen MR) is 53.0 cm³/mol. The molecule has 0 saturated carbocycles. The second-order valence-electron chi connectivity index (χ2n) is 3.38. The Morgan fingerprint density at radius 2 is 2.31 bits per heavy atom. The van der Waals surface area contributed by atoms with Gasteiger partial charge in [0.1, 0.15) is 0 Å². The number of hydrogen-bond acceptors (Lipinski definition) is 2. The quantitative estimate of drug-likeness (QED) is 0.716. The van der Waals surface area contributed by atoms with Gasteiger partial charge < -0.3 is 10.4 Å². The first-order chi connectivity index (χ1) is 6.22. The number of aliphatic hydroxyl groups excluding tert-OH is 1. The van der Waals surface area contributed by atoms with Crippen LogP contribution in [0.5, 0.6) is 0 Å². The van der Waals surface area contributed by atoms with Gasteiger partial charge in [-0.25, -0.2) is 0 Å². The summed E-state index contributed by atoms with van der Waals surface area (Å²) in [6.45, 7) is 0. The lowest BCUT2D eigenvalue weighted by atomic mass is 10.1. The number of nitrogens with one attached hydrogen (secondary N) is 1. The van der Waals surface area contributed by atoms with E-state index in [-0.39, 0.29) is 12.1 Å². The van der Waals surface area contributed by atoms with Crippen LogP contribution >= 0.6 is 11.6 Å². The van der Waals surface area contributed by atoms with Crippen LogP contribution in [0.25, 0.3) is 0 Å². The standard InChI is InChI=1S/C10H12ClNO/c1-12-10-8-3-2-7(11)4-6(8)5-9(10)13/h2-4,9-10,12-13H,5H2,1H3/t9-,10+/m0/s1. The number of aliphatic hydroxyl groups is 1. The van der Waals surface area contributed by atoms with E-state index in [4.69, 9.17) is 11.6 Å². The highest BCUT2D eigenvalue weighted by atomic mass is 35.5. The van der Waals surface area contributed by atoms with Gasteiger partial charge in [0.25, 0.3) is 0 Å². The summed E-state index contributed by atoms with van der Waals surface area (Å²) < 4.78 is 0. The molecule has 2 atom stereocenters. The molecular formula is C10H12ClNO. The summed E-state index contributed by atoms with van der Waals surface area (Å²) in [5.74, 6) is 0. The third-order valence-electron chi connectivity index (χ3n) is 2.56. The van der Waals surface area contributed by atoms with Crippen LogP contribution in [0.4, 0.5) is 0 Å². The number of likely N-dealkylation sites (N-methyl/N-ethyl adjacent to an activating group) is 1. The van der Waals surface area contributed by atoms with Gasteiger partial charge in [-0.2, -0.15) is 0 Å². The Morgan fingerprint density at radius 3 is 3.00 bits per heavy atom. The van der Waals surface area contributed by atoms with Crippen LogP contribution in [0.15, 0.2) is 18.2 Å². The molecule has 1 aromatic rings. The zero-order valence-corrected chi connectivity index (χ0v) is 8.17. The van der Waals surface area contributed by atoms with E-state index in [1.807, 2.05) is 25.2 Å². The highest BCUT2D eigenvalue weighted by Gasteiger charge is 2.29. The number of rotatable bonds is 1. The van der Waals surface area contributed by atoms with Crippen LogP contribution < -0.4 is 5.32 Å². The van der Waals surface area contributed by atoms with Crippen molar-refractivity contribution < 1.29 is 5.11 Å². The van der Waals surface area contributed by atoms with Crippen molar-refractivity contribution in [2.75, 3.05) is 7.05 Å². The first-order valence-electron chi connectivity index (χ1n) is 4.36. The minimum absolute atomic E-state index is 0.0623. The van der Waals surface area contributed by atoms with Gasteiger partial charge in [0.2, 0.25) is 0 Å². The van der Waals surface area contributed by atoms with Gasteiger partial charge in [0.05, 0.1) is 12.1 Å². The third kappa shape index (κ3) is 1.46. The second kappa shape index (κ2) is 3.29. The van der Waals surface area contributed by atoms with E-state index in [1.165, 1.54) is 5.56 Å². The van der Waals surface area contributed by atoms with E-state index in [0.717, 1.165) is 10.6 Å². The molecular weight excluding hydrogens is 186 g/mol. The lowest BCUT2D eigenvalue weighted by Gasteiger charge is -2.14. The maximum Gasteiger partial charge on any atom is 0.0775 e. The summed E-state index contributed by atoms with van der Waals surface area (Å²) in [5, 5.41) is 13.5. The molecule has 2 N–H and O–H groups in total. The molecule has 0 aliphatic heterocycles. The number of benzene rings is 1. The molecule has 1 aromatic carbocycles. The van der Waals surface area contributed by atoms with Crippen LogP contribution in [-0.4, -0.2) is 18.3 Å². The Hall–Kier alpha value is -0.570. The van der Waals surface area contributed by atoms with Crippen molar-refractivity contribution in [2.24, 2.45) is 0 Å². The summed E-state index contributed by atoms with van der Waals surface area (Å²) in [6, 6.07) is 5.84. The van der Waals surface area contributed by atoms with E-state index in [9.17, 15) is 5.11 Å². The minimum atomic E-state index is -0.321. The molecule has 13 heavy (non-hydrogen) atoms. The monoisotopic (exact) mass is 197 g/mol. The SMILES string of the molecule is CN[C@@H]1c2ccc(Cl)cc2C[C@@H]1O. The fourth-order valence-corrected chi connectivity index (χ4v) is 2.15. The van der Waals surface area contributed by atoms with Crippen molar-refractivity contribution in [3.8, 4) is 0 Å². The summed E-state index contributed by atoms with van der Waals surface area (Å²) in [5.41, 5.74) is 2.32. The van der Waals surface area contributed by atoms with Gasteiger partial charge in [-0.3, -0.25) is 0 Å². The van der Waals surface area contributed by atoms with E-state index >= 15 is 0 Å². The topological polar surface area (TPSA) is 32.3 Å². The molecule has 1 aliphatic carbocycles.